The van der Waals surface area contributed by atoms with Crippen molar-refractivity contribution in [1.29, 1.82) is 0 Å². The Bertz CT molecular complexity index is 860. The molecule has 114 valence electrons. The first-order valence-electron chi connectivity index (χ1n) is 6.53. The Kier molecular flexibility index (Phi) is 3.81. The molecule has 1 atom stereocenters. The topological polar surface area (TPSA) is 65.7 Å². The summed E-state index contributed by atoms with van der Waals surface area (Å²) in [5.41, 5.74) is 2.31. The van der Waals surface area contributed by atoms with Gasteiger partial charge in [-0.2, -0.15) is 0 Å². The summed E-state index contributed by atoms with van der Waals surface area (Å²) in [6.07, 6.45) is 5.14. The molecule has 0 aliphatic heterocycles. The summed E-state index contributed by atoms with van der Waals surface area (Å²) < 4.78 is 23.9. The molecule has 1 unspecified atom stereocenters. The Morgan fingerprint density at radius 3 is 2.68 bits per heavy atom. The number of nitrogens with zero attached hydrogens (tertiary/aromatic N) is 3. The first-order valence-corrected chi connectivity index (χ1v) is 8.08. The molecule has 0 spiro atoms. The summed E-state index contributed by atoms with van der Waals surface area (Å²) in [5.74, 6) is 1.14. The quantitative estimate of drug-likeness (QED) is 0.737. The molecule has 0 bridgehead atoms. The lowest BCUT2D eigenvalue weighted by molar-refractivity contribution is 0.397. The fourth-order valence-electron chi connectivity index (χ4n) is 2.18. The van der Waals surface area contributed by atoms with Gasteiger partial charge in [-0.05, 0) is 18.2 Å². The minimum Gasteiger partial charge on any atom is -0.496 e. The average molecular weight is 317 g/mol. The smallest absolute Gasteiger partial charge is 0.218 e. The van der Waals surface area contributed by atoms with Crippen molar-refractivity contribution >= 4 is 16.4 Å². The van der Waals surface area contributed by atoms with Crippen LogP contribution in [0, 0.1) is 0 Å². The van der Waals surface area contributed by atoms with E-state index in [1.807, 2.05) is 22.7 Å². The van der Waals surface area contributed by atoms with E-state index >= 15 is 0 Å². The van der Waals surface area contributed by atoms with Gasteiger partial charge in [0.05, 0.1) is 19.9 Å². The van der Waals surface area contributed by atoms with Gasteiger partial charge in [-0.1, -0.05) is 0 Å². The second-order valence-corrected chi connectivity index (χ2v) is 6.02. The second-order valence-electron chi connectivity index (χ2n) is 4.64. The van der Waals surface area contributed by atoms with E-state index in [9.17, 15) is 4.21 Å². The number of imidazole rings is 1. The molecule has 0 N–H and O–H groups in total. The molecule has 6 nitrogen and oxygen atoms in total. The summed E-state index contributed by atoms with van der Waals surface area (Å²) >= 11 is 0. The standard InChI is InChI=1S/C15H15N3O3S/c1-20-13-6-10(22(3)19)4-5-11(13)12-8-18-9-16-15(21-2)7-14(18)17-12/h4-9H,1-3H3. The van der Waals surface area contributed by atoms with Gasteiger partial charge in [0.25, 0.3) is 0 Å². The fourth-order valence-corrected chi connectivity index (χ4v) is 2.71. The molecule has 0 saturated carbocycles. The van der Waals surface area contributed by atoms with Gasteiger partial charge >= 0.3 is 0 Å². The van der Waals surface area contributed by atoms with Crippen LogP contribution in [-0.4, -0.2) is 39.1 Å². The van der Waals surface area contributed by atoms with Crippen LogP contribution in [0.4, 0.5) is 0 Å². The summed E-state index contributed by atoms with van der Waals surface area (Å²) in [6.45, 7) is 0. The Morgan fingerprint density at radius 2 is 2.00 bits per heavy atom. The molecule has 22 heavy (non-hydrogen) atoms. The summed E-state index contributed by atoms with van der Waals surface area (Å²) in [7, 11) is 2.09. The Balaban J connectivity index is 2.12. The molecule has 0 aliphatic carbocycles. The summed E-state index contributed by atoms with van der Waals surface area (Å²) in [6, 6.07) is 7.21. The highest BCUT2D eigenvalue weighted by Crippen LogP contribution is 2.31. The van der Waals surface area contributed by atoms with Crippen LogP contribution in [0.1, 0.15) is 0 Å². The van der Waals surface area contributed by atoms with Gasteiger partial charge in [0.15, 0.2) is 0 Å². The van der Waals surface area contributed by atoms with Gasteiger partial charge in [0, 0.05) is 39.8 Å². The van der Waals surface area contributed by atoms with Crippen molar-refractivity contribution in [2.45, 2.75) is 4.90 Å². The Hall–Kier alpha value is -2.41. The summed E-state index contributed by atoms with van der Waals surface area (Å²) in [4.78, 5) is 9.42. The van der Waals surface area contributed by atoms with Crippen molar-refractivity contribution in [1.82, 2.24) is 14.4 Å². The van der Waals surface area contributed by atoms with E-state index in [1.54, 1.807) is 38.9 Å². The van der Waals surface area contributed by atoms with E-state index in [4.69, 9.17) is 9.47 Å². The summed E-state index contributed by atoms with van der Waals surface area (Å²) in [5, 5.41) is 0. The number of fused-ring (bicyclic) bond motifs is 1. The van der Waals surface area contributed by atoms with Crippen LogP contribution in [0.5, 0.6) is 11.6 Å². The number of aromatic nitrogens is 3. The first kappa shape index (κ1) is 14.5. The zero-order valence-electron chi connectivity index (χ0n) is 12.4. The van der Waals surface area contributed by atoms with E-state index in [1.165, 1.54) is 0 Å². The van der Waals surface area contributed by atoms with Gasteiger partial charge < -0.3 is 9.47 Å². The molecule has 7 heteroatoms. The number of hydrogen-bond acceptors (Lipinski definition) is 5. The molecule has 0 amide bonds. The van der Waals surface area contributed by atoms with Gasteiger partial charge in [0.1, 0.15) is 17.7 Å². The average Bonchev–Trinajstić information content (AvgIpc) is 2.96. The molecule has 2 aromatic heterocycles. The van der Waals surface area contributed by atoms with Crippen LogP contribution in [0.2, 0.25) is 0 Å². The largest absolute Gasteiger partial charge is 0.496 e. The van der Waals surface area contributed by atoms with E-state index in [0.717, 1.165) is 16.9 Å². The Labute approximate surface area is 130 Å². The zero-order valence-corrected chi connectivity index (χ0v) is 13.3. The maximum atomic E-state index is 11.6. The van der Waals surface area contributed by atoms with Crippen LogP contribution in [0.25, 0.3) is 16.9 Å². The third-order valence-corrected chi connectivity index (χ3v) is 4.23. The van der Waals surface area contributed by atoms with Crippen molar-refractivity contribution in [3.63, 3.8) is 0 Å². The van der Waals surface area contributed by atoms with Crippen molar-refractivity contribution in [3.8, 4) is 22.9 Å². The minimum absolute atomic E-state index is 0.508. The number of hydrogen-bond donors (Lipinski definition) is 0. The number of methoxy groups -OCH3 is 2. The highest BCUT2D eigenvalue weighted by molar-refractivity contribution is 7.84. The predicted molar refractivity (Wildman–Crippen MR) is 83.9 cm³/mol. The highest BCUT2D eigenvalue weighted by Gasteiger charge is 2.12. The fraction of sp³-hybridized carbons (Fsp3) is 0.200. The third kappa shape index (κ3) is 2.55. The van der Waals surface area contributed by atoms with Crippen molar-refractivity contribution < 1.29 is 13.7 Å². The third-order valence-electron chi connectivity index (χ3n) is 3.31. The molecule has 0 fully saturated rings. The lowest BCUT2D eigenvalue weighted by atomic mass is 10.1. The molecular formula is C15H15N3O3S. The SMILES string of the molecule is COc1cc2nc(-c3ccc(S(C)=O)cc3OC)cn2cn1. The lowest BCUT2D eigenvalue weighted by Gasteiger charge is -2.07. The molecule has 3 rings (SSSR count). The van der Waals surface area contributed by atoms with Crippen LogP contribution in [0.15, 0.2) is 41.7 Å². The van der Waals surface area contributed by atoms with E-state index in [2.05, 4.69) is 9.97 Å². The monoisotopic (exact) mass is 317 g/mol. The van der Waals surface area contributed by atoms with Gasteiger partial charge in [-0.15, -0.1) is 0 Å². The first-order chi connectivity index (χ1) is 10.6. The van der Waals surface area contributed by atoms with E-state index < -0.39 is 10.8 Å². The minimum atomic E-state index is -1.06. The zero-order chi connectivity index (χ0) is 15.7. The van der Waals surface area contributed by atoms with Crippen LogP contribution >= 0.6 is 0 Å². The predicted octanol–water partition coefficient (Wildman–Crippen LogP) is 2.15. The normalized spacial score (nSPS) is 12.3. The number of rotatable bonds is 4. The second kappa shape index (κ2) is 5.76. The van der Waals surface area contributed by atoms with Gasteiger partial charge in [-0.3, -0.25) is 8.61 Å². The molecule has 0 radical (unpaired) electrons. The van der Waals surface area contributed by atoms with Crippen LogP contribution in [0.3, 0.4) is 0 Å². The van der Waals surface area contributed by atoms with Gasteiger partial charge in [-0.25, -0.2) is 9.97 Å². The Morgan fingerprint density at radius 1 is 1.18 bits per heavy atom. The van der Waals surface area contributed by atoms with Crippen LogP contribution in [-0.2, 0) is 10.8 Å². The van der Waals surface area contributed by atoms with Crippen molar-refractivity contribution in [3.05, 3.63) is 36.8 Å². The molecular weight excluding hydrogens is 302 g/mol. The molecule has 2 heterocycles. The maximum absolute atomic E-state index is 11.6. The molecule has 0 aliphatic rings. The molecule has 1 aromatic carbocycles. The highest BCUT2D eigenvalue weighted by atomic mass is 32.2. The van der Waals surface area contributed by atoms with Gasteiger partial charge in [0.2, 0.25) is 5.88 Å². The van der Waals surface area contributed by atoms with Crippen molar-refractivity contribution in [2.24, 2.45) is 0 Å². The van der Waals surface area contributed by atoms with E-state index in [-0.39, 0.29) is 0 Å². The lowest BCUT2D eigenvalue weighted by Crippen LogP contribution is -1.92. The van der Waals surface area contributed by atoms with Crippen molar-refractivity contribution in [2.75, 3.05) is 20.5 Å². The maximum Gasteiger partial charge on any atom is 0.218 e. The number of ether oxygens (including phenoxy) is 2. The van der Waals surface area contributed by atoms with E-state index in [0.29, 0.717) is 16.5 Å². The van der Waals surface area contributed by atoms with Crippen LogP contribution < -0.4 is 9.47 Å². The molecule has 3 aromatic rings. The molecule has 0 saturated heterocycles. The number of benzene rings is 1.